The number of nitrogens with one attached hydrogen (secondary N) is 1. The first kappa shape index (κ1) is 20.9. The lowest BCUT2D eigenvalue weighted by Crippen LogP contribution is -2.23. The van der Waals surface area contributed by atoms with Crippen molar-refractivity contribution in [1.82, 2.24) is 14.8 Å². The van der Waals surface area contributed by atoms with Gasteiger partial charge in [0.2, 0.25) is 5.91 Å². The Bertz CT molecular complexity index is 939. The summed E-state index contributed by atoms with van der Waals surface area (Å²) in [5.74, 6) is 1.92. The van der Waals surface area contributed by atoms with Crippen LogP contribution in [0.5, 0.6) is 5.75 Å². The quantitative estimate of drug-likeness (QED) is 0.544. The molecule has 7 heteroatoms. The Kier molecular flexibility index (Phi) is 6.93. The predicted octanol–water partition coefficient (Wildman–Crippen LogP) is 4.73. The number of rotatable bonds is 8. The molecule has 1 atom stereocenters. The van der Waals surface area contributed by atoms with Crippen LogP contribution in [0.25, 0.3) is 11.4 Å². The predicted molar refractivity (Wildman–Crippen MR) is 117 cm³/mol. The van der Waals surface area contributed by atoms with Crippen LogP contribution in [0.2, 0.25) is 0 Å². The molecule has 0 bridgehead atoms. The first-order valence-electron chi connectivity index (χ1n) is 9.58. The summed E-state index contributed by atoms with van der Waals surface area (Å²) in [5.41, 5.74) is 1.75. The highest BCUT2D eigenvalue weighted by atomic mass is 32.2. The molecule has 152 valence electrons. The Morgan fingerprint density at radius 3 is 2.38 bits per heavy atom. The van der Waals surface area contributed by atoms with Gasteiger partial charge in [0, 0.05) is 17.8 Å². The van der Waals surface area contributed by atoms with Crippen LogP contribution in [0.3, 0.4) is 0 Å². The zero-order valence-corrected chi connectivity index (χ0v) is 17.9. The smallest absolute Gasteiger partial charge is 0.237 e. The molecular formula is C22H26N4O2S. The van der Waals surface area contributed by atoms with Gasteiger partial charge in [-0.25, -0.2) is 0 Å². The SMILES string of the molecule is COc1ccc(NC(=O)[C@@H](C)Sc2nnc(-c3ccccc3)n2CC(C)C)cc1. The van der Waals surface area contributed by atoms with E-state index in [2.05, 4.69) is 33.9 Å². The van der Waals surface area contributed by atoms with Crippen molar-refractivity contribution in [2.24, 2.45) is 5.92 Å². The molecule has 0 unspecified atom stereocenters. The largest absolute Gasteiger partial charge is 0.497 e. The number of hydrogen-bond donors (Lipinski definition) is 1. The summed E-state index contributed by atoms with van der Waals surface area (Å²) in [5, 5.41) is 12.1. The van der Waals surface area contributed by atoms with Crippen LogP contribution in [0.4, 0.5) is 5.69 Å². The molecule has 1 aromatic heterocycles. The molecule has 0 radical (unpaired) electrons. The number of amides is 1. The standard InChI is InChI=1S/C22H26N4O2S/c1-15(2)14-26-20(17-8-6-5-7-9-17)24-25-22(26)29-16(3)21(27)23-18-10-12-19(28-4)13-11-18/h5-13,15-16H,14H2,1-4H3,(H,23,27)/t16-/m1/s1. The van der Waals surface area contributed by atoms with Crippen LogP contribution < -0.4 is 10.1 Å². The molecule has 2 aromatic carbocycles. The maximum atomic E-state index is 12.7. The number of thioether (sulfide) groups is 1. The summed E-state index contributed by atoms with van der Waals surface area (Å²) >= 11 is 1.42. The van der Waals surface area contributed by atoms with Crippen LogP contribution in [0.15, 0.2) is 59.8 Å². The van der Waals surface area contributed by atoms with Crippen molar-refractivity contribution in [3.63, 3.8) is 0 Å². The minimum Gasteiger partial charge on any atom is -0.497 e. The second-order valence-corrected chi connectivity index (χ2v) is 8.46. The maximum absolute atomic E-state index is 12.7. The third-order valence-electron chi connectivity index (χ3n) is 4.31. The van der Waals surface area contributed by atoms with Gasteiger partial charge < -0.3 is 14.6 Å². The first-order chi connectivity index (χ1) is 14.0. The number of carbonyl (C=O) groups excluding carboxylic acids is 1. The third-order valence-corrected chi connectivity index (χ3v) is 5.39. The van der Waals surface area contributed by atoms with Gasteiger partial charge in [-0.1, -0.05) is 55.9 Å². The molecular weight excluding hydrogens is 384 g/mol. The van der Waals surface area contributed by atoms with Gasteiger partial charge in [0.15, 0.2) is 11.0 Å². The van der Waals surface area contributed by atoms with Crippen LogP contribution in [-0.4, -0.2) is 33.0 Å². The van der Waals surface area contributed by atoms with Crippen LogP contribution in [-0.2, 0) is 11.3 Å². The zero-order valence-electron chi connectivity index (χ0n) is 17.1. The molecule has 0 spiro atoms. The van der Waals surface area contributed by atoms with Crippen molar-refractivity contribution < 1.29 is 9.53 Å². The topological polar surface area (TPSA) is 69.0 Å². The van der Waals surface area contributed by atoms with Gasteiger partial charge in [0.1, 0.15) is 5.75 Å². The lowest BCUT2D eigenvalue weighted by atomic mass is 10.2. The van der Waals surface area contributed by atoms with E-state index in [1.54, 1.807) is 7.11 Å². The van der Waals surface area contributed by atoms with Gasteiger partial charge in [-0.05, 0) is 37.1 Å². The number of hydrogen-bond acceptors (Lipinski definition) is 5. The van der Waals surface area contributed by atoms with E-state index >= 15 is 0 Å². The lowest BCUT2D eigenvalue weighted by Gasteiger charge is -2.15. The Balaban J connectivity index is 1.75. The number of carbonyl (C=O) groups is 1. The second-order valence-electron chi connectivity index (χ2n) is 7.15. The molecule has 0 aliphatic rings. The highest BCUT2D eigenvalue weighted by molar-refractivity contribution is 8.00. The van der Waals surface area contributed by atoms with Crippen LogP contribution >= 0.6 is 11.8 Å². The number of methoxy groups -OCH3 is 1. The molecule has 3 aromatic rings. The van der Waals surface area contributed by atoms with E-state index in [9.17, 15) is 4.79 Å². The number of anilines is 1. The van der Waals surface area contributed by atoms with Crippen molar-refractivity contribution >= 4 is 23.4 Å². The fraction of sp³-hybridized carbons (Fsp3) is 0.318. The van der Waals surface area contributed by atoms with E-state index in [0.29, 0.717) is 5.92 Å². The fourth-order valence-corrected chi connectivity index (χ4v) is 3.69. The van der Waals surface area contributed by atoms with Crippen LogP contribution in [0, 0.1) is 5.92 Å². The number of ether oxygens (including phenoxy) is 1. The number of nitrogens with zero attached hydrogens (tertiary/aromatic N) is 3. The van der Waals surface area contributed by atoms with Crippen molar-refractivity contribution in [2.75, 3.05) is 12.4 Å². The van der Waals surface area contributed by atoms with E-state index in [1.807, 2.05) is 61.5 Å². The van der Waals surface area contributed by atoms with Crippen molar-refractivity contribution in [1.29, 1.82) is 0 Å². The molecule has 0 aliphatic carbocycles. The lowest BCUT2D eigenvalue weighted by molar-refractivity contribution is -0.115. The first-order valence-corrected chi connectivity index (χ1v) is 10.5. The summed E-state index contributed by atoms with van der Waals surface area (Å²) in [4.78, 5) is 12.7. The van der Waals surface area contributed by atoms with E-state index < -0.39 is 0 Å². The number of aromatic nitrogens is 3. The van der Waals surface area contributed by atoms with E-state index in [1.165, 1.54) is 11.8 Å². The van der Waals surface area contributed by atoms with Gasteiger partial charge in [0.05, 0.1) is 12.4 Å². The highest BCUT2D eigenvalue weighted by Crippen LogP contribution is 2.28. The number of benzene rings is 2. The Hall–Kier alpha value is -2.80. The van der Waals surface area contributed by atoms with E-state index in [4.69, 9.17) is 4.74 Å². The zero-order chi connectivity index (χ0) is 20.8. The summed E-state index contributed by atoms with van der Waals surface area (Å²) < 4.78 is 7.25. The van der Waals surface area contributed by atoms with Crippen molar-refractivity contribution in [3.05, 3.63) is 54.6 Å². The third kappa shape index (κ3) is 5.38. The van der Waals surface area contributed by atoms with E-state index in [0.717, 1.165) is 34.5 Å². The minimum atomic E-state index is -0.323. The van der Waals surface area contributed by atoms with Gasteiger partial charge >= 0.3 is 0 Å². The molecule has 0 aliphatic heterocycles. The van der Waals surface area contributed by atoms with Gasteiger partial charge in [-0.2, -0.15) is 0 Å². The average Bonchev–Trinajstić information content (AvgIpc) is 3.10. The maximum Gasteiger partial charge on any atom is 0.237 e. The van der Waals surface area contributed by atoms with E-state index in [-0.39, 0.29) is 11.2 Å². The molecule has 3 rings (SSSR count). The average molecular weight is 411 g/mol. The van der Waals surface area contributed by atoms with Crippen LogP contribution in [0.1, 0.15) is 20.8 Å². The molecule has 0 saturated carbocycles. The normalized spacial score (nSPS) is 12.0. The molecule has 0 fully saturated rings. The van der Waals surface area contributed by atoms with Crippen molar-refractivity contribution in [3.8, 4) is 17.1 Å². The monoisotopic (exact) mass is 410 g/mol. The highest BCUT2D eigenvalue weighted by Gasteiger charge is 2.21. The summed E-state index contributed by atoms with van der Waals surface area (Å²) in [6.45, 7) is 6.97. The summed E-state index contributed by atoms with van der Waals surface area (Å²) in [6, 6.07) is 17.3. The molecule has 0 saturated heterocycles. The Morgan fingerprint density at radius 2 is 1.76 bits per heavy atom. The molecule has 1 amide bonds. The van der Waals surface area contributed by atoms with Gasteiger partial charge in [-0.15, -0.1) is 10.2 Å². The fourth-order valence-electron chi connectivity index (χ4n) is 2.84. The summed E-state index contributed by atoms with van der Waals surface area (Å²) in [6.07, 6.45) is 0. The van der Waals surface area contributed by atoms with Crippen molar-refractivity contribution in [2.45, 2.75) is 37.7 Å². The second kappa shape index (κ2) is 9.60. The Labute approximate surface area is 175 Å². The minimum absolute atomic E-state index is 0.0828. The molecule has 29 heavy (non-hydrogen) atoms. The summed E-state index contributed by atoms with van der Waals surface area (Å²) in [7, 11) is 1.61. The molecule has 1 N–H and O–H groups in total. The molecule has 1 heterocycles. The Morgan fingerprint density at radius 1 is 1.07 bits per heavy atom. The van der Waals surface area contributed by atoms with Gasteiger partial charge in [-0.3, -0.25) is 4.79 Å². The van der Waals surface area contributed by atoms with Gasteiger partial charge in [0.25, 0.3) is 0 Å². The molecule has 6 nitrogen and oxygen atoms in total.